The molecule has 0 amide bonds. The fourth-order valence-corrected chi connectivity index (χ4v) is 402. The van der Waals surface area contributed by atoms with Gasteiger partial charge in [0.25, 0.3) is 0 Å². The molecular formula is C46H76As2P2Si6. The summed E-state index contributed by atoms with van der Waals surface area (Å²) in [6, 6.07) is 50.1. The molecule has 56 heavy (non-hydrogen) atoms. The molecule has 304 valence electrons. The van der Waals surface area contributed by atoms with Crippen molar-refractivity contribution in [2.24, 2.45) is 0 Å². The van der Waals surface area contributed by atoms with E-state index >= 15 is 0 Å². The van der Waals surface area contributed by atoms with Gasteiger partial charge in [-0.05, 0) is 0 Å². The van der Waals surface area contributed by atoms with Crippen molar-refractivity contribution in [1.29, 1.82) is 0 Å². The number of benzene rings is 4. The average molecular weight is 1010 g/mol. The Balaban J connectivity index is 2.16. The van der Waals surface area contributed by atoms with Gasteiger partial charge in [0.15, 0.2) is 0 Å². The van der Waals surface area contributed by atoms with Crippen molar-refractivity contribution in [3.63, 3.8) is 0 Å². The van der Waals surface area contributed by atoms with Gasteiger partial charge in [-0.3, -0.25) is 0 Å². The van der Waals surface area contributed by atoms with Gasteiger partial charge >= 0.3 is 365 Å². The fourth-order valence-electron chi connectivity index (χ4n) is 11.2. The molecule has 0 atom stereocenters. The first-order chi connectivity index (χ1) is 25.7. The van der Waals surface area contributed by atoms with Crippen LogP contribution in [0.2, 0.25) is 96.5 Å². The summed E-state index contributed by atoms with van der Waals surface area (Å²) in [7, 11) is -11.3. The van der Waals surface area contributed by atoms with Crippen molar-refractivity contribution in [1.82, 2.24) is 0 Å². The van der Waals surface area contributed by atoms with Gasteiger partial charge < -0.3 is 0 Å². The molecule has 5 rings (SSSR count). The number of rotatable bonds is 12. The molecule has 4 aromatic rings. The van der Waals surface area contributed by atoms with Crippen LogP contribution in [0.1, 0.15) is 41.5 Å². The van der Waals surface area contributed by atoms with Crippen LogP contribution in [0.4, 0.5) is 0 Å². The van der Waals surface area contributed by atoms with E-state index in [-0.39, 0.29) is 19.3 Å². The van der Waals surface area contributed by atoms with E-state index < -0.39 is 75.3 Å². The van der Waals surface area contributed by atoms with Crippen molar-refractivity contribution in [2.75, 3.05) is 0 Å². The Bertz CT molecular complexity index is 1630. The van der Waals surface area contributed by atoms with Gasteiger partial charge in [0.2, 0.25) is 0 Å². The third-order valence-corrected chi connectivity index (χ3v) is 204. The molecule has 0 spiro atoms. The topological polar surface area (TPSA) is 0 Å². The quantitative estimate of drug-likeness (QED) is 0.0980. The van der Waals surface area contributed by atoms with E-state index in [1.807, 2.05) is 0 Å². The molecule has 0 unspecified atom stereocenters. The first-order valence-electron chi connectivity index (χ1n) is 21.1. The molecule has 0 nitrogen and oxygen atoms in total. The van der Waals surface area contributed by atoms with Crippen LogP contribution in [-0.2, 0) is 0 Å². The van der Waals surface area contributed by atoms with Gasteiger partial charge in [-0.2, -0.15) is 0 Å². The van der Waals surface area contributed by atoms with Crippen LogP contribution < -0.4 is 20.7 Å². The molecule has 1 heterocycles. The van der Waals surface area contributed by atoms with Crippen molar-refractivity contribution in [3.05, 3.63) is 121 Å². The monoisotopic (exact) mass is 1010 g/mol. The summed E-state index contributed by atoms with van der Waals surface area (Å²) in [5.41, 5.74) is 0. The minimum absolute atomic E-state index is 0.147. The van der Waals surface area contributed by atoms with Crippen molar-refractivity contribution >= 4 is 105 Å². The van der Waals surface area contributed by atoms with Crippen molar-refractivity contribution in [3.8, 4) is 0 Å². The molecule has 4 aromatic carbocycles. The van der Waals surface area contributed by atoms with E-state index in [0.717, 1.165) is 7.90 Å². The summed E-state index contributed by atoms with van der Waals surface area (Å²) in [4.78, 5) is 0. The maximum atomic E-state index is 2.85. The van der Waals surface area contributed by atoms with Crippen LogP contribution in [0, 0.1) is 0 Å². The van der Waals surface area contributed by atoms with Crippen molar-refractivity contribution < 1.29 is 0 Å². The summed E-state index contributed by atoms with van der Waals surface area (Å²) < 4.78 is 1.76. The summed E-state index contributed by atoms with van der Waals surface area (Å²) >= 11 is -3.23. The Kier molecular flexibility index (Phi) is 14.2. The molecule has 0 bridgehead atoms. The number of hydrogen-bond donors (Lipinski definition) is 0. The number of hydrogen-bond acceptors (Lipinski definition) is 0. The Morgan fingerprint density at radius 3 is 0.661 bits per heavy atom. The zero-order valence-corrected chi connectivity index (χ0v) is 50.0. The van der Waals surface area contributed by atoms with Crippen LogP contribution >= 0.6 is 9.18 Å². The van der Waals surface area contributed by atoms with Gasteiger partial charge in [-0.15, -0.1) is 0 Å². The van der Waals surface area contributed by atoms with Crippen LogP contribution in [0.5, 0.6) is 0 Å². The second-order valence-corrected chi connectivity index (χ2v) is 111. The third-order valence-electron chi connectivity index (χ3n) is 12.1. The zero-order chi connectivity index (χ0) is 41.9. The maximum absolute atomic E-state index is 2.85. The predicted molar refractivity (Wildman–Crippen MR) is 281 cm³/mol. The van der Waals surface area contributed by atoms with Gasteiger partial charge in [-0.1, -0.05) is 0 Å². The normalized spacial score (nSPS) is 20.6. The van der Waals surface area contributed by atoms with Gasteiger partial charge in [0, 0.05) is 0 Å². The van der Waals surface area contributed by atoms with Gasteiger partial charge in [0.1, 0.15) is 0 Å². The van der Waals surface area contributed by atoms with Crippen LogP contribution in [-0.4, -0.2) is 75.3 Å². The standard InChI is InChI=1S/C46H76As2P2Si6/c1-45(2,3)55(39-31-23-19-24-32-39,40-33-25-20-26-34-40)49-47(43(51(7,8)9)52(10,11)12)50(48(49)44(53(13,14)15)54(16,17)18)56(46(4,5)6,41-35-27-21-28-36-41)42-37-29-22-30-38-42/h19-38,43-44H,1-18H3. The van der Waals surface area contributed by atoms with E-state index in [4.69, 9.17) is 0 Å². The van der Waals surface area contributed by atoms with E-state index in [1.54, 1.807) is 20.7 Å². The fraction of sp³-hybridized carbons (Fsp3) is 0.478. The molecule has 1 aliphatic rings. The Morgan fingerprint density at radius 1 is 0.339 bits per heavy atom. The molecule has 0 aliphatic carbocycles. The molecule has 1 saturated heterocycles. The first kappa shape index (κ1) is 47.2. The molecule has 0 saturated carbocycles. The van der Waals surface area contributed by atoms with Gasteiger partial charge in [-0.25, -0.2) is 0 Å². The molecule has 0 radical (unpaired) electrons. The second-order valence-electron chi connectivity index (χ2n) is 22.9. The SMILES string of the molecule is CC(C)(C)[Si](c1ccccc1)(c1ccccc1)P1[As](C([Si](C)(C)C)[Si](C)(C)C)P([Si](c2ccccc2)(c2ccccc2)C(C)(C)C)[As]1C([Si](C)(C)C)[Si](C)(C)C. The summed E-state index contributed by atoms with van der Waals surface area (Å²) in [6.45, 7) is 50.7. The zero-order valence-electron chi connectivity index (χ0n) is 38.5. The molecule has 10 heteroatoms. The molecule has 1 aliphatic heterocycles. The first-order valence-corrected chi connectivity index (χ1v) is 55.8. The van der Waals surface area contributed by atoms with Crippen molar-refractivity contribution in [2.45, 2.75) is 138 Å². The van der Waals surface area contributed by atoms with E-state index in [1.165, 1.54) is 0 Å². The van der Waals surface area contributed by atoms with Crippen LogP contribution in [0.3, 0.4) is 0 Å². The van der Waals surface area contributed by atoms with Gasteiger partial charge in [0.05, 0.1) is 0 Å². The Hall–Kier alpha value is 0.158. The third kappa shape index (κ3) is 8.50. The molecule has 1 fully saturated rings. The minimum atomic E-state index is -2.39. The molecular weight excluding hydrogens is 933 g/mol. The summed E-state index contributed by atoms with van der Waals surface area (Å²) in [6.07, 6.45) is 0. The summed E-state index contributed by atoms with van der Waals surface area (Å²) in [5.74, 6) is 0. The summed E-state index contributed by atoms with van der Waals surface area (Å²) in [5, 5.41) is 7.57. The Labute approximate surface area is 361 Å². The predicted octanol–water partition coefficient (Wildman–Crippen LogP) is 13.3. The Morgan fingerprint density at radius 2 is 0.518 bits per heavy atom. The van der Waals surface area contributed by atoms with E-state index in [9.17, 15) is 0 Å². The van der Waals surface area contributed by atoms with Crippen LogP contribution in [0.25, 0.3) is 0 Å². The average Bonchev–Trinajstić information content (AvgIpc) is 3.06. The van der Waals surface area contributed by atoms with E-state index in [0.29, 0.717) is 0 Å². The second kappa shape index (κ2) is 16.8. The molecule has 0 N–H and O–H groups in total. The molecule has 0 aromatic heterocycles. The van der Waals surface area contributed by atoms with Crippen LogP contribution in [0.15, 0.2) is 121 Å². The van der Waals surface area contributed by atoms with E-state index in [2.05, 4.69) is 241 Å².